The number of benzene rings is 2. The molecule has 1 amide bonds. The van der Waals surface area contributed by atoms with E-state index in [1.54, 1.807) is 24.3 Å². The second-order valence-electron chi connectivity index (χ2n) is 5.82. The van der Waals surface area contributed by atoms with Gasteiger partial charge in [0.2, 0.25) is 5.91 Å². The first-order chi connectivity index (χ1) is 13.2. The molecular formula is C19H13ClF3N3O2. The van der Waals surface area contributed by atoms with Crippen LogP contribution >= 0.6 is 11.6 Å². The van der Waals surface area contributed by atoms with E-state index < -0.39 is 29.8 Å². The van der Waals surface area contributed by atoms with Crippen LogP contribution in [-0.2, 0) is 17.5 Å². The molecule has 2 aromatic carbocycles. The Bertz CT molecular complexity index is 1080. The van der Waals surface area contributed by atoms with Crippen molar-refractivity contribution in [2.75, 3.05) is 5.32 Å². The fourth-order valence-electron chi connectivity index (χ4n) is 2.48. The summed E-state index contributed by atoms with van der Waals surface area (Å²) in [5.74, 6) is -0.690. The van der Waals surface area contributed by atoms with E-state index in [4.69, 9.17) is 11.6 Å². The Hall–Kier alpha value is -3.13. The Morgan fingerprint density at radius 2 is 1.82 bits per heavy atom. The molecule has 0 radical (unpaired) electrons. The van der Waals surface area contributed by atoms with E-state index in [0.29, 0.717) is 16.3 Å². The van der Waals surface area contributed by atoms with Crippen molar-refractivity contribution < 1.29 is 18.0 Å². The summed E-state index contributed by atoms with van der Waals surface area (Å²) < 4.78 is 39.2. The highest BCUT2D eigenvalue weighted by Gasteiger charge is 2.30. The zero-order valence-electron chi connectivity index (χ0n) is 14.2. The number of aromatic nitrogens is 2. The molecule has 0 saturated heterocycles. The summed E-state index contributed by atoms with van der Waals surface area (Å²) in [6.07, 6.45) is -4.53. The van der Waals surface area contributed by atoms with Gasteiger partial charge >= 0.3 is 6.18 Å². The highest BCUT2D eigenvalue weighted by atomic mass is 35.5. The van der Waals surface area contributed by atoms with Gasteiger partial charge in [-0.2, -0.15) is 18.3 Å². The molecule has 9 heteroatoms. The van der Waals surface area contributed by atoms with E-state index in [1.165, 1.54) is 24.3 Å². The molecule has 0 aliphatic heterocycles. The summed E-state index contributed by atoms with van der Waals surface area (Å²) >= 11 is 6.12. The molecule has 28 heavy (non-hydrogen) atoms. The van der Waals surface area contributed by atoms with Gasteiger partial charge in [-0.15, -0.1) is 0 Å². The molecule has 1 heterocycles. The molecule has 3 rings (SSSR count). The number of amides is 1. The number of rotatable bonds is 4. The van der Waals surface area contributed by atoms with E-state index in [0.717, 1.165) is 16.8 Å². The highest BCUT2D eigenvalue weighted by molar-refractivity contribution is 6.33. The number of nitrogens with one attached hydrogen (secondary N) is 1. The number of halogens is 4. The van der Waals surface area contributed by atoms with Crippen molar-refractivity contribution in [3.8, 4) is 11.3 Å². The Morgan fingerprint density at radius 1 is 1.07 bits per heavy atom. The second kappa shape index (κ2) is 7.85. The van der Waals surface area contributed by atoms with E-state index in [1.807, 2.05) is 0 Å². The van der Waals surface area contributed by atoms with E-state index >= 15 is 0 Å². The Balaban J connectivity index is 1.80. The fraction of sp³-hybridized carbons (Fsp3) is 0.105. The molecule has 0 spiro atoms. The van der Waals surface area contributed by atoms with Crippen molar-refractivity contribution in [3.05, 3.63) is 81.6 Å². The van der Waals surface area contributed by atoms with Gasteiger partial charge in [0.25, 0.3) is 5.56 Å². The first kappa shape index (κ1) is 19.6. The molecule has 1 aromatic heterocycles. The number of hydrogen-bond acceptors (Lipinski definition) is 3. The van der Waals surface area contributed by atoms with Crippen LogP contribution in [-0.4, -0.2) is 15.7 Å². The third-order valence-corrected chi connectivity index (χ3v) is 4.11. The van der Waals surface area contributed by atoms with E-state index in [-0.39, 0.29) is 5.69 Å². The molecule has 0 aliphatic carbocycles. The topological polar surface area (TPSA) is 64.0 Å². The minimum absolute atomic E-state index is 0.0323. The third kappa shape index (κ3) is 4.58. The first-order valence-corrected chi connectivity index (χ1v) is 8.42. The van der Waals surface area contributed by atoms with Crippen LogP contribution in [0.1, 0.15) is 5.56 Å². The standard InChI is InChI=1S/C19H13ClF3N3O2/c20-15-7-2-1-6-14(15)16-8-9-18(28)26(25-16)11-17(27)24-13-5-3-4-12(10-13)19(21,22)23/h1-10H,11H2,(H,24,27). The van der Waals surface area contributed by atoms with Crippen LogP contribution in [0.3, 0.4) is 0 Å². The number of hydrogen-bond donors (Lipinski definition) is 1. The second-order valence-corrected chi connectivity index (χ2v) is 6.23. The monoisotopic (exact) mass is 407 g/mol. The predicted octanol–water partition coefficient (Wildman–Crippen LogP) is 4.22. The number of alkyl halides is 3. The van der Waals surface area contributed by atoms with Crippen LogP contribution < -0.4 is 10.9 Å². The van der Waals surface area contributed by atoms with Gasteiger partial charge in [0.15, 0.2) is 0 Å². The molecule has 0 unspecified atom stereocenters. The summed E-state index contributed by atoms with van der Waals surface area (Å²) in [7, 11) is 0. The van der Waals surface area contributed by atoms with E-state index in [2.05, 4.69) is 10.4 Å². The summed E-state index contributed by atoms with van der Waals surface area (Å²) in [6.45, 7) is -0.465. The maximum atomic E-state index is 12.8. The molecular weight excluding hydrogens is 395 g/mol. The third-order valence-electron chi connectivity index (χ3n) is 3.78. The molecule has 0 aliphatic rings. The van der Waals surface area contributed by atoms with Crippen LogP contribution in [0.15, 0.2) is 65.5 Å². The molecule has 1 N–H and O–H groups in total. The average molecular weight is 408 g/mol. The molecule has 5 nitrogen and oxygen atoms in total. The Labute approximate surface area is 162 Å². The lowest BCUT2D eigenvalue weighted by Gasteiger charge is -2.11. The smallest absolute Gasteiger partial charge is 0.324 e. The predicted molar refractivity (Wildman–Crippen MR) is 99.0 cm³/mol. The van der Waals surface area contributed by atoms with Crippen molar-refractivity contribution in [2.24, 2.45) is 0 Å². The van der Waals surface area contributed by atoms with Gasteiger partial charge in [-0.3, -0.25) is 9.59 Å². The number of carbonyl (C=O) groups excluding carboxylic acids is 1. The van der Waals surface area contributed by atoms with Crippen LogP contribution in [0.25, 0.3) is 11.3 Å². The highest BCUT2D eigenvalue weighted by Crippen LogP contribution is 2.30. The van der Waals surface area contributed by atoms with E-state index in [9.17, 15) is 22.8 Å². The van der Waals surface area contributed by atoms with Gasteiger partial charge in [-0.1, -0.05) is 35.9 Å². The number of nitrogens with zero attached hydrogens (tertiary/aromatic N) is 2. The lowest BCUT2D eigenvalue weighted by molar-refractivity contribution is -0.137. The largest absolute Gasteiger partial charge is 0.416 e. The summed E-state index contributed by atoms with van der Waals surface area (Å²) in [5, 5.41) is 6.88. The van der Waals surface area contributed by atoms with Gasteiger partial charge in [-0.25, -0.2) is 4.68 Å². The van der Waals surface area contributed by atoms with Gasteiger partial charge in [0.05, 0.1) is 16.3 Å². The minimum Gasteiger partial charge on any atom is -0.324 e. The number of carbonyl (C=O) groups is 1. The Kier molecular flexibility index (Phi) is 5.51. The first-order valence-electron chi connectivity index (χ1n) is 8.04. The fourth-order valence-corrected chi connectivity index (χ4v) is 2.72. The van der Waals surface area contributed by atoms with Crippen molar-refractivity contribution >= 4 is 23.2 Å². The van der Waals surface area contributed by atoms with Crippen molar-refractivity contribution in [3.63, 3.8) is 0 Å². The summed E-state index contributed by atoms with van der Waals surface area (Å²) in [4.78, 5) is 24.2. The summed E-state index contributed by atoms with van der Waals surface area (Å²) in [5.41, 5.74) is -0.486. The minimum atomic E-state index is -4.53. The zero-order valence-corrected chi connectivity index (χ0v) is 15.0. The van der Waals surface area contributed by atoms with Crippen molar-refractivity contribution in [1.82, 2.24) is 9.78 Å². The lowest BCUT2D eigenvalue weighted by Crippen LogP contribution is -2.29. The van der Waals surface area contributed by atoms with Gasteiger partial charge in [0, 0.05) is 17.3 Å². The molecule has 0 atom stereocenters. The van der Waals surface area contributed by atoms with Gasteiger partial charge in [-0.05, 0) is 30.3 Å². The maximum Gasteiger partial charge on any atom is 0.416 e. The zero-order chi connectivity index (χ0) is 20.3. The lowest BCUT2D eigenvalue weighted by atomic mass is 10.1. The molecule has 0 saturated carbocycles. The Morgan fingerprint density at radius 3 is 2.54 bits per heavy atom. The SMILES string of the molecule is O=C(Cn1nc(-c2ccccc2Cl)ccc1=O)Nc1cccc(C(F)(F)F)c1. The van der Waals surface area contributed by atoms with Gasteiger partial charge < -0.3 is 5.32 Å². The quantitative estimate of drug-likeness (QED) is 0.704. The average Bonchev–Trinajstić information content (AvgIpc) is 2.63. The van der Waals surface area contributed by atoms with Crippen molar-refractivity contribution in [1.29, 1.82) is 0 Å². The molecule has 0 fully saturated rings. The van der Waals surface area contributed by atoms with Crippen LogP contribution in [0.2, 0.25) is 5.02 Å². The molecule has 0 bridgehead atoms. The maximum absolute atomic E-state index is 12.8. The summed E-state index contributed by atoms with van der Waals surface area (Å²) in [6, 6.07) is 13.8. The van der Waals surface area contributed by atoms with Crippen LogP contribution in [0.5, 0.6) is 0 Å². The van der Waals surface area contributed by atoms with Gasteiger partial charge in [0.1, 0.15) is 6.54 Å². The van der Waals surface area contributed by atoms with Crippen molar-refractivity contribution in [2.45, 2.75) is 12.7 Å². The molecule has 3 aromatic rings. The normalized spacial score (nSPS) is 11.3. The van der Waals surface area contributed by atoms with Crippen LogP contribution in [0.4, 0.5) is 18.9 Å². The number of anilines is 1. The van der Waals surface area contributed by atoms with Crippen LogP contribution in [0, 0.1) is 0 Å². The molecule has 144 valence electrons.